The van der Waals surface area contributed by atoms with Gasteiger partial charge in [-0.3, -0.25) is 9.59 Å². The van der Waals surface area contributed by atoms with E-state index in [2.05, 4.69) is 10.6 Å². The minimum absolute atomic E-state index is 0.0983. The third-order valence-electron chi connectivity index (χ3n) is 2.97. The summed E-state index contributed by atoms with van der Waals surface area (Å²) >= 11 is 0. The minimum atomic E-state index is -0.281. The second kappa shape index (κ2) is 8.32. The van der Waals surface area contributed by atoms with Crippen LogP contribution in [0.3, 0.4) is 0 Å². The molecule has 0 aliphatic carbocycles. The fourth-order valence-electron chi connectivity index (χ4n) is 1.69. The molecule has 1 aromatic carbocycles. The lowest BCUT2D eigenvalue weighted by molar-refractivity contribution is 0.0915. The highest BCUT2D eigenvalue weighted by molar-refractivity contribution is 5.99. The molecular weight excluding hydrogens is 256 g/mol. The molecule has 5 heteroatoms. The number of carbonyl (C=O) groups is 2. The molecule has 0 saturated carbocycles. The van der Waals surface area contributed by atoms with Gasteiger partial charge in [-0.25, -0.2) is 0 Å². The van der Waals surface area contributed by atoms with Crippen LogP contribution in [-0.2, 0) is 0 Å². The number of aliphatic hydroxyl groups excluding tert-OH is 1. The van der Waals surface area contributed by atoms with Gasteiger partial charge in [-0.2, -0.15) is 0 Å². The standard InChI is InChI=1S/C15H22N2O3/c1-3-8-16-14(19)11-6-5-7-12(9-11)15(20)17-13(4-2)10-18/h5-7,9,13,18H,3-4,8,10H2,1-2H3,(H,16,19)(H,17,20). The van der Waals surface area contributed by atoms with Crippen molar-refractivity contribution in [3.8, 4) is 0 Å². The molecule has 1 atom stereocenters. The van der Waals surface area contributed by atoms with Crippen molar-refractivity contribution < 1.29 is 14.7 Å². The topological polar surface area (TPSA) is 78.4 Å². The smallest absolute Gasteiger partial charge is 0.251 e. The van der Waals surface area contributed by atoms with Crippen molar-refractivity contribution in [3.05, 3.63) is 35.4 Å². The molecule has 0 aromatic heterocycles. The monoisotopic (exact) mass is 278 g/mol. The van der Waals surface area contributed by atoms with E-state index in [0.717, 1.165) is 6.42 Å². The van der Waals surface area contributed by atoms with Crippen LogP contribution in [0.25, 0.3) is 0 Å². The Balaban J connectivity index is 2.76. The summed E-state index contributed by atoms with van der Waals surface area (Å²) in [7, 11) is 0. The first-order valence-electron chi connectivity index (χ1n) is 6.92. The number of aliphatic hydroxyl groups is 1. The fraction of sp³-hybridized carbons (Fsp3) is 0.467. The lowest BCUT2D eigenvalue weighted by Gasteiger charge is -2.14. The number of hydrogen-bond acceptors (Lipinski definition) is 3. The molecule has 1 rings (SSSR count). The third-order valence-corrected chi connectivity index (χ3v) is 2.97. The molecule has 3 N–H and O–H groups in total. The van der Waals surface area contributed by atoms with Crippen molar-refractivity contribution in [1.29, 1.82) is 0 Å². The zero-order valence-corrected chi connectivity index (χ0v) is 12.0. The SMILES string of the molecule is CCCNC(=O)c1cccc(C(=O)NC(CC)CO)c1. The highest BCUT2D eigenvalue weighted by Crippen LogP contribution is 2.06. The average molecular weight is 278 g/mol. The molecule has 0 saturated heterocycles. The van der Waals surface area contributed by atoms with E-state index < -0.39 is 0 Å². The lowest BCUT2D eigenvalue weighted by Crippen LogP contribution is -2.37. The first-order chi connectivity index (χ1) is 9.62. The molecule has 0 spiro atoms. The van der Waals surface area contributed by atoms with Crippen LogP contribution >= 0.6 is 0 Å². The molecule has 1 unspecified atom stereocenters. The van der Waals surface area contributed by atoms with E-state index in [4.69, 9.17) is 5.11 Å². The Hall–Kier alpha value is -1.88. The minimum Gasteiger partial charge on any atom is -0.394 e. The van der Waals surface area contributed by atoms with Gasteiger partial charge in [-0.05, 0) is 31.0 Å². The van der Waals surface area contributed by atoms with E-state index in [1.165, 1.54) is 0 Å². The highest BCUT2D eigenvalue weighted by Gasteiger charge is 2.13. The highest BCUT2D eigenvalue weighted by atomic mass is 16.3. The molecular formula is C15H22N2O3. The summed E-state index contributed by atoms with van der Waals surface area (Å²) in [5.74, 6) is -0.466. The van der Waals surface area contributed by atoms with E-state index in [9.17, 15) is 9.59 Å². The van der Waals surface area contributed by atoms with Gasteiger partial charge in [0.15, 0.2) is 0 Å². The third kappa shape index (κ3) is 4.66. The summed E-state index contributed by atoms with van der Waals surface area (Å²) in [5, 5.41) is 14.6. The summed E-state index contributed by atoms with van der Waals surface area (Å²) in [4.78, 5) is 23.8. The van der Waals surface area contributed by atoms with Gasteiger partial charge in [0, 0.05) is 17.7 Å². The van der Waals surface area contributed by atoms with Crippen molar-refractivity contribution in [3.63, 3.8) is 0 Å². The summed E-state index contributed by atoms with van der Waals surface area (Å²) in [6.45, 7) is 4.37. The Morgan fingerprint density at radius 1 is 1.20 bits per heavy atom. The largest absolute Gasteiger partial charge is 0.394 e. The Labute approximate surface area is 119 Å². The molecule has 0 fully saturated rings. The maximum atomic E-state index is 12.0. The summed E-state index contributed by atoms with van der Waals surface area (Å²) in [6, 6.07) is 6.29. The predicted molar refractivity (Wildman–Crippen MR) is 77.7 cm³/mol. The van der Waals surface area contributed by atoms with E-state index in [-0.39, 0.29) is 24.5 Å². The number of nitrogens with one attached hydrogen (secondary N) is 2. The van der Waals surface area contributed by atoms with Gasteiger partial charge in [-0.1, -0.05) is 19.9 Å². The van der Waals surface area contributed by atoms with Crippen LogP contribution in [-0.4, -0.2) is 36.1 Å². The van der Waals surface area contributed by atoms with E-state index in [1.807, 2.05) is 13.8 Å². The van der Waals surface area contributed by atoms with Crippen molar-refractivity contribution in [2.24, 2.45) is 0 Å². The van der Waals surface area contributed by atoms with Crippen LogP contribution in [0.2, 0.25) is 0 Å². The van der Waals surface area contributed by atoms with Gasteiger partial charge < -0.3 is 15.7 Å². The van der Waals surface area contributed by atoms with Crippen molar-refractivity contribution in [2.45, 2.75) is 32.7 Å². The predicted octanol–water partition coefficient (Wildman–Crippen LogP) is 1.33. The second-order valence-electron chi connectivity index (χ2n) is 4.60. The molecule has 5 nitrogen and oxygen atoms in total. The number of hydrogen-bond donors (Lipinski definition) is 3. The lowest BCUT2D eigenvalue weighted by atomic mass is 10.1. The van der Waals surface area contributed by atoms with Crippen LogP contribution in [0.5, 0.6) is 0 Å². The molecule has 0 bridgehead atoms. The number of rotatable bonds is 7. The van der Waals surface area contributed by atoms with E-state index >= 15 is 0 Å². The Bertz CT molecular complexity index is 456. The number of carbonyl (C=O) groups excluding carboxylic acids is 2. The van der Waals surface area contributed by atoms with Gasteiger partial charge in [0.05, 0.1) is 12.6 Å². The Morgan fingerprint density at radius 2 is 1.85 bits per heavy atom. The van der Waals surface area contributed by atoms with Crippen molar-refractivity contribution in [2.75, 3.05) is 13.2 Å². The maximum Gasteiger partial charge on any atom is 0.251 e. The van der Waals surface area contributed by atoms with Crippen LogP contribution in [0.4, 0.5) is 0 Å². The van der Waals surface area contributed by atoms with Gasteiger partial charge in [0.2, 0.25) is 0 Å². The summed E-state index contributed by atoms with van der Waals surface area (Å²) in [6.07, 6.45) is 1.51. The molecule has 0 radical (unpaired) electrons. The quantitative estimate of drug-likeness (QED) is 0.704. The summed E-state index contributed by atoms with van der Waals surface area (Å²) in [5.41, 5.74) is 0.879. The van der Waals surface area contributed by atoms with Gasteiger partial charge in [0.25, 0.3) is 11.8 Å². The van der Waals surface area contributed by atoms with Crippen LogP contribution in [0, 0.1) is 0 Å². The molecule has 0 aliphatic heterocycles. The summed E-state index contributed by atoms with van der Waals surface area (Å²) < 4.78 is 0. The molecule has 110 valence electrons. The van der Waals surface area contributed by atoms with E-state index in [1.54, 1.807) is 24.3 Å². The van der Waals surface area contributed by atoms with Gasteiger partial charge >= 0.3 is 0 Å². The van der Waals surface area contributed by atoms with E-state index in [0.29, 0.717) is 24.1 Å². The normalized spacial score (nSPS) is 11.8. The second-order valence-corrected chi connectivity index (χ2v) is 4.60. The molecule has 0 heterocycles. The van der Waals surface area contributed by atoms with Gasteiger partial charge in [-0.15, -0.1) is 0 Å². The molecule has 1 aromatic rings. The van der Waals surface area contributed by atoms with Crippen LogP contribution in [0.15, 0.2) is 24.3 Å². The molecule has 20 heavy (non-hydrogen) atoms. The Kier molecular flexibility index (Phi) is 6.73. The fourth-order valence-corrected chi connectivity index (χ4v) is 1.69. The van der Waals surface area contributed by atoms with Crippen molar-refractivity contribution >= 4 is 11.8 Å². The first kappa shape index (κ1) is 16.2. The number of amides is 2. The first-order valence-corrected chi connectivity index (χ1v) is 6.92. The van der Waals surface area contributed by atoms with Crippen LogP contribution < -0.4 is 10.6 Å². The zero-order valence-electron chi connectivity index (χ0n) is 12.0. The maximum absolute atomic E-state index is 12.0. The molecule has 2 amide bonds. The van der Waals surface area contributed by atoms with Crippen LogP contribution in [0.1, 0.15) is 47.4 Å². The van der Waals surface area contributed by atoms with Gasteiger partial charge in [0.1, 0.15) is 0 Å². The number of benzene rings is 1. The average Bonchev–Trinajstić information content (AvgIpc) is 2.50. The Morgan fingerprint density at radius 3 is 2.40 bits per heavy atom. The zero-order chi connectivity index (χ0) is 15.0. The molecule has 0 aliphatic rings. The van der Waals surface area contributed by atoms with Crippen molar-refractivity contribution in [1.82, 2.24) is 10.6 Å².